The highest BCUT2D eigenvalue weighted by Gasteiger charge is 2.57. The zero-order valence-electron chi connectivity index (χ0n) is 15.0. The van der Waals surface area contributed by atoms with Crippen molar-refractivity contribution >= 4 is 5.97 Å². The molecule has 1 unspecified atom stereocenters. The van der Waals surface area contributed by atoms with Crippen molar-refractivity contribution in [1.82, 2.24) is 0 Å². The van der Waals surface area contributed by atoms with E-state index >= 15 is 0 Å². The molecule has 7 atom stereocenters. The van der Waals surface area contributed by atoms with Crippen molar-refractivity contribution in [1.29, 1.82) is 0 Å². The molecule has 0 aromatic carbocycles. The van der Waals surface area contributed by atoms with Gasteiger partial charge in [-0.25, -0.2) is 0 Å². The summed E-state index contributed by atoms with van der Waals surface area (Å²) in [4.78, 5) is 11.3. The average molecular weight is 316 g/mol. The van der Waals surface area contributed by atoms with Crippen LogP contribution in [0.2, 0.25) is 0 Å². The molecule has 4 aliphatic carbocycles. The summed E-state index contributed by atoms with van der Waals surface area (Å²) in [5, 5.41) is 0. The Morgan fingerprint density at radius 3 is 2.70 bits per heavy atom. The summed E-state index contributed by atoms with van der Waals surface area (Å²) in [6, 6.07) is 0. The highest BCUT2D eigenvalue weighted by Crippen LogP contribution is 2.65. The quantitative estimate of drug-likeness (QED) is 0.495. The molecule has 0 aliphatic heterocycles. The Labute approximate surface area is 141 Å². The molecule has 0 N–H and O–H groups in total. The number of rotatable bonds is 1. The molecule has 2 heteroatoms. The normalized spacial score (nSPS) is 51.5. The van der Waals surface area contributed by atoms with E-state index in [9.17, 15) is 4.79 Å². The maximum atomic E-state index is 11.3. The van der Waals surface area contributed by atoms with Gasteiger partial charge in [-0.2, -0.15) is 0 Å². The molecule has 4 aliphatic rings. The van der Waals surface area contributed by atoms with E-state index in [0.29, 0.717) is 10.8 Å². The summed E-state index contributed by atoms with van der Waals surface area (Å²) in [6.45, 7) is 6.63. The Morgan fingerprint density at radius 1 is 1.09 bits per heavy atom. The van der Waals surface area contributed by atoms with Crippen molar-refractivity contribution in [3.63, 3.8) is 0 Å². The molecule has 128 valence electrons. The van der Waals surface area contributed by atoms with E-state index in [4.69, 9.17) is 4.74 Å². The first kappa shape index (κ1) is 15.7. The van der Waals surface area contributed by atoms with Gasteiger partial charge in [0.15, 0.2) is 0 Å². The van der Waals surface area contributed by atoms with Crippen molar-refractivity contribution in [3.8, 4) is 0 Å². The van der Waals surface area contributed by atoms with Gasteiger partial charge in [-0.1, -0.05) is 26.0 Å². The molecule has 0 saturated heterocycles. The minimum Gasteiger partial charge on any atom is -0.463 e. The first-order valence-corrected chi connectivity index (χ1v) is 9.77. The van der Waals surface area contributed by atoms with E-state index in [1.54, 1.807) is 6.92 Å². The van der Waals surface area contributed by atoms with E-state index in [0.717, 1.165) is 36.5 Å². The monoisotopic (exact) mass is 316 g/mol. The third-order valence-corrected chi connectivity index (χ3v) is 8.28. The molecule has 3 saturated carbocycles. The van der Waals surface area contributed by atoms with Crippen LogP contribution in [-0.2, 0) is 9.53 Å². The minimum absolute atomic E-state index is 0.0993. The third kappa shape index (κ3) is 2.39. The SMILES string of the molecule is CC(=O)OC1CC[C@@]2(C)[C@H](CC[C@@H]3[C@@H]2CC[C@]2(C)C=CC[C@@H]32)C1. The van der Waals surface area contributed by atoms with Gasteiger partial charge in [-0.3, -0.25) is 4.79 Å². The number of fused-ring (bicyclic) bond motifs is 5. The van der Waals surface area contributed by atoms with Gasteiger partial charge >= 0.3 is 5.97 Å². The Balaban J connectivity index is 1.53. The van der Waals surface area contributed by atoms with E-state index in [1.165, 1.54) is 38.5 Å². The zero-order chi connectivity index (χ0) is 16.2. The second kappa shape index (κ2) is 5.36. The van der Waals surface area contributed by atoms with Crippen LogP contribution in [0.25, 0.3) is 0 Å². The second-order valence-electron chi connectivity index (χ2n) is 9.35. The Kier molecular flexibility index (Phi) is 3.66. The van der Waals surface area contributed by atoms with Gasteiger partial charge in [-0.05, 0) is 85.9 Å². The van der Waals surface area contributed by atoms with Crippen LogP contribution >= 0.6 is 0 Å². The zero-order valence-corrected chi connectivity index (χ0v) is 15.0. The first-order chi connectivity index (χ1) is 10.9. The molecular weight excluding hydrogens is 284 g/mol. The molecule has 2 nitrogen and oxygen atoms in total. The molecule has 3 fully saturated rings. The van der Waals surface area contributed by atoms with E-state index in [2.05, 4.69) is 26.0 Å². The fraction of sp³-hybridized carbons (Fsp3) is 0.857. The van der Waals surface area contributed by atoms with Crippen LogP contribution in [0.1, 0.15) is 72.1 Å². The molecule has 4 rings (SSSR count). The largest absolute Gasteiger partial charge is 0.463 e. The van der Waals surface area contributed by atoms with Crippen LogP contribution in [0.5, 0.6) is 0 Å². The Bertz CT molecular complexity index is 524. The Morgan fingerprint density at radius 2 is 1.91 bits per heavy atom. The van der Waals surface area contributed by atoms with Gasteiger partial charge in [-0.15, -0.1) is 0 Å². The fourth-order valence-electron chi connectivity index (χ4n) is 7.04. The highest BCUT2D eigenvalue weighted by atomic mass is 16.5. The third-order valence-electron chi connectivity index (χ3n) is 8.28. The predicted octanol–water partition coefficient (Wildman–Crippen LogP) is 5.13. The molecular formula is C21H32O2. The molecule has 0 amide bonds. The lowest BCUT2D eigenvalue weighted by Gasteiger charge is -2.60. The second-order valence-corrected chi connectivity index (χ2v) is 9.35. The molecule has 0 spiro atoms. The maximum Gasteiger partial charge on any atom is 0.302 e. The topological polar surface area (TPSA) is 26.3 Å². The molecule has 0 aromatic heterocycles. The lowest BCUT2D eigenvalue weighted by Crippen LogP contribution is -2.53. The summed E-state index contributed by atoms with van der Waals surface area (Å²) < 4.78 is 5.56. The van der Waals surface area contributed by atoms with Crippen molar-refractivity contribution in [2.45, 2.75) is 78.2 Å². The number of hydrogen-bond donors (Lipinski definition) is 0. The van der Waals surface area contributed by atoms with Crippen LogP contribution in [0.4, 0.5) is 0 Å². The minimum atomic E-state index is -0.0993. The van der Waals surface area contributed by atoms with Gasteiger partial charge < -0.3 is 4.74 Å². The summed E-state index contributed by atoms with van der Waals surface area (Å²) in [6.07, 6.45) is 15.5. The molecule has 0 bridgehead atoms. The first-order valence-electron chi connectivity index (χ1n) is 9.77. The molecule has 0 heterocycles. The molecule has 0 radical (unpaired) electrons. The van der Waals surface area contributed by atoms with Crippen LogP contribution in [0.3, 0.4) is 0 Å². The number of allylic oxidation sites excluding steroid dienone is 2. The number of hydrogen-bond acceptors (Lipinski definition) is 2. The standard InChI is InChI=1S/C21H32O2/c1-14(22)23-16-8-12-21(3)15(13-16)6-7-17-18-5-4-10-20(18,2)11-9-19(17)21/h4,10,15-19H,5-9,11-13H2,1-3H3/t15-,16?,17+,18+,19+,20+,21+/m1/s1. The Hall–Kier alpha value is -0.790. The van der Waals surface area contributed by atoms with Crippen LogP contribution < -0.4 is 0 Å². The van der Waals surface area contributed by atoms with E-state index < -0.39 is 0 Å². The number of carbonyl (C=O) groups excluding carboxylic acids is 1. The van der Waals surface area contributed by atoms with Crippen molar-refractivity contribution in [2.75, 3.05) is 0 Å². The average Bonchev–Trinajstić information content (AvgIpc) is 2.89. The lowest BCUT2D eigenvalue weighted by atomic mass is 9.45. The summed E-state index contributed by atoms with van der Waals surface area (Å²) in [5.74, 6) is 3.39. The number of esters is 1. The molecule has 23 heavy (non-hydrogen) atoms. The predicted molar refractivity (Wildman–Crippen MR) is 91.8 cm³/mol. The summed E-state index contributed by atoms with van der Waals surface area (Å²) in [5.41, 5.74) is 0.975. The lowest BCUT2D eigenvalue weighted by molar-refractivity contribution is -0.158. The number of carbonyl (C=O) groups is 1. The van der Waals surface area contributed by atoms with Crippen molar-refractivity contribution in [2.24, 2.45) is 34.5 Å². The van der Waals surface area contributed by atoms with Gasteiger partial charge in [0.2, 0.25) is 0 Å². The fourth-order valence-corrected chi connectivity index (χ4v) is 7.04. The van der Waals surface area contributed by atoms with Gasteiger partial charge in [0, 0.05) is 6.92 Å². The van der Waals surface area contributed by atoms with Crippen LogP contribution in [0.15, 0.2) is 12.2 Å². The van der Waals surface area contributed by atoms with Crippen LogP contribution in [0, 0.1) is 34.5 Å². The smallest absolute Gasteiger partial charge is 0.302 e. The maximum absolute atomic E-state index is 11.3. The van der Waals surface area contributed by atoms with E-state index in [-0.39, 0.29) is 12.1 Å². The van der Waals surface area contributed by atoms with Crippen molar-refractivity contribution < 1.29 is 9.53 Å². The summed E-state index contributed by atoms with van der Waals surface area (Å²) >= 11 is 0. The highest BCUT2D eigenvalue weighted by molar-refractivity contribution is 5.66. The van der Waals surface area contributed by atoms with Gasteiger partial charge in [0.1, 0.15) is 6.10 Å². The summed E-state index contributed by atoms with van der Waals surface area (Å²) in [7, 11) is 0. The van der Waals surface area contributed by atoms with Gasteiger partial charge in [0.25, 0.3) is 0 Å². The van der Waals surface area contributed by atoms with E-state index in [1.807, 2.05) is 0 Å². The van der Waals surface area contributed by atoms with Crippen LogP contribution in [-0.4, -0.2) is 12.1 Å². The van der Waals surface area contributed by atoms with Gasteiger partial charge in [0.05, 0.1) is 0 Å². The van der Waals surface area contributed by atoms with Crippen molar-refractivity contribution in [3.05, 3.63) is 12.2 Å². The number of ether oxygens (including phenoxy) is 1. The molecule has 0 aromatic rings.